The van der Waals surface area contributed by atoms with E-state index in [9.17, 15) is 9.59 Å². The molecule has 1 N–H and O–H groups in total. The summed E-state index contributed by atoms with van der Waals surface area (Å²) >= 11 is 17.4. The molecule has 1 amide bonds. The second-order valence-corrected chi connectivity index (χ2v) is 7.41. The molecule has 1 aliphatic heterocycles. The van der Waals surface area contributed by atoms with Gasteiger partial charge in [0, 0.05) is 17.7 Å². The molecule has 0 saturated heterocycles. The van der Waals surface area contributed by atoms with E-state index in [2.05, 4.69) is 10.5 Å². The largest absolute Gasteiger partial charge is 0.465 e. The number of methoxy groups -OCH3 is 1. The molecule has 1 atom stereocenters. The van der Waals surface area contributed by atoms with E-state index in [0.29, 0.717) is 34.0 Å². The predicted molar refractivity (Wildman–Crippen MR) is 108 cm³/mol. The van der Waals surface area contributed by atoms with Gasteiger partial charge < -0.3 is 14.9 Å². The average molecular weight is 442 g/mol. The molecule has 9 heteroatoms. The number of alkyl halides is 2. The third kappa shape index (κ3) is 4.41. The molecule has 2 aromatic carbocycles. The molecule has 0 aliphatic carbocycles. The number of hydrogen-bond donors (Lipinski definition) is 1. The minimum atomic E-state index is -1.17. The summed E-state index contributed by atoms with van der Waals surface area (Å²) in [4.78, 5) is 28.1. The minimum absolute atomic E-state index is 0.314. The van der Waals surface area contributed by atoms with E-state index in [0.717, 1.165) is 5.56 Å². The Morgan fingerprint density at radius 3 is 2.71 bits per heavy atom. The Hall–Kier alpha value is -2.28. The number of halogens is 3. The van der Waals surface area contributed by atoms with Gasteiger partial charge in [0.1, 0.15) is 0 Å². The number of anilines is 1. The van der Waals surface area contributed by atoms with Crippen molar-refractivity contribution in [3.05, 3.63) is 64.2 Å². The van der Waals surface area contributed by atoms with Gasteiger partial charge >= 0.3 is 5.97 Å². The van der Waals surface area contributed by atoms with Crippen LogP contribution in [0.3, 0.4) is 0 Å². The molecular weight excluding hydrogens is 427 g/mol. The summed E-state index contributed by atoms with van der Waals surface area (Å²) in [6, 6.07) is 12.0. The van der Waals surface area contributed by atoms with Gasteiger partial charge in [-0.2, -0.15) is 0 Å². The normalized spacial score (nSPS) is 15.8. The van der Waals surface area contributed by atoms with Crippen LogP contribution in [0.15, 0.2) is 47.6 Å². The number of ether oxygens (including phenoxy) is 1. The quantitative estimate of drug-likeness (QED) is 0.537. The molecule has 0 bridgehead atoms. The molecule has 1 unspecified atom stereocenters. The van der Waals surface area contributed by atoms with Crippen LogP contribution in [0.5, 0.6) is 0 Å². The zero-order chi connectivity index (χ0) is 20.3. The summed E-state index contributed by atoms with van der Waals surface area (Å²) < 4.78 is 4.82. The van der Waals surface area contributed by atoms with Crippen molar-refractivity contribution in [3.63, 3.8) is 0 Å². The summed E-state index contributed by atoms with van der Waals surface area (Å²) in [7, 11) is 1.30. The van der Waals surface area contributed by atoms with Gasteiger partial charge in [-0.15, -0.1) is 0 Å². The maximum Gasteiger partial charge on any atom is 0.338 e. The Balaban J connectivity index is 1.82. The van der Waals surface area contributed by atoms with Crippen LogP contribution < -0.4 is 5.32 Å². The van der Waals surface area contributed by atoms with Gasteiger partial charge in [0.05, 0.1) is 23.4 Å². The fourth-order valence-corrected chi connectivity index (χ4v) is 3.21. The number of carbonyl (C=O) groups excluding carboxylic acids is 2. The molecule has 146 valence electrons. The third-order valence-corrected chi connectivity index (χ3v) is 4.81. The number of amides is 1. The van der Waals surface area contributed by atoms with Gasteiger partial charge in [0.25, 0.3) is 5.91 Å². The van der Waals surface area contributed by atoms with E-state index < -0.39 is 22.8 Å². The van der Waals surface area contributed by atoms with Crippen molar-refractivity contribution >= 4 is 58.1 Å². The summed E-state index contributed by atoms with van der Waals surface area (Å²) in [5.74, 6) is -1.03. The predicted octanol–water partition coefficient (Wildman–Crippen LogP) is 4.73. The SMILES string of the molecule is COC(=O)c1cccc(Cl)c1C1=NOC(c2cccc(NC(=O)C(Cl)Cl)c2)C1. The molecule has 2 aromatic rings. The molecular formula is C19H15Cl3N2O4. The Morgan fingerprint density at radius 2 is 2.00 bits per heavy atom. The molecule has 1 heterocycles. The van der Waals surface area contributed by atoms with E-state index in [1.165, 1.54) is 7.11 Å². The number of hydrogen-bond acceptors (Lipinski definition) is 5. The molecule has 1 aliphatic rings. The Morgan fingerprint density at radius 1 is 1.25 bits per heavy atom. The smallest absolute Gasteiger partial charge is 0.338 e. The number of carbonyl (C=O) groups is 2. The zero-order valence-electron chi connectivity index (χ0n) is 14.6. The topological polar surface area (TPSA) is 77.0 Å². The van der Waals surface area contributed by atoms with Crippen LogP contribution >= 0.6 is 34.8 Å². The van der Waals surface area contributed by atoms with Gasteiger partial charge in [0.2, 0.25) is 0 Å². The second kappa shape index (κ2) is 8.82. The van der Waals surface area contributed by atoms with Crippen LogP contribution in [0.25, 0.3) is 0 Å². The van der Waals surface area contributed by atoms with Crippen molar-refractivity contribution in [3.8, 4) is 0 Å². The summed E-state index contributed by atoms with van der Waals surface area (Å²) in [6.07, 6.45) is -0.0184. The van der Waals surface area contributed by atoms with Crippen LogP contribution in [-0.2, 0) is 14.4 Å². The fraction of sp³-hybridized carbons (Fsp3) is 0.211. The first-order valence-corrected chi connectivity index (χ1v) is 9.44. The average Bonchev–Trinajstić information content (AvgIpc) is 3.17. The van der Waals surface area contributed by atoms with Gasteiger partial charge in [-0.25, -0.2) is 4.79 Å². The standard InChI is InChI=1S/C19H15Cl3N2O4/c1-27-19(26)12-6-3-7-13(20)16(12)14-9-15(28-24-14)10-4-2-5-11(8-10)23-18(25)17(21)22/h2-8,15,17H,9H2,1H3,(H,23,25). The summed E-state index contributed by atoms with van der Waals surface area (Å²) in [5, 5.41) is 7.10. The first kappa shape index (κ1) is 20.5. The number of nitrogens with one attached hydrogen (secondary N) is 1. The molecule has 0 aromatic heterocycles. The molecule has 0 saturated carbocycles. The van der Waals surface area contributed by atoms with E-state index >= 15 is 0 Å². The van der Waals surface area contributed by atoms with Crippen molar-refractivity contribution in [2.45, 2.75) is 17.4 Å². The molecule has 0 spiro atoms. The highest BCUT2D eigenvalue weighted by Gasteiger charge is 2.29. The number of esters is 1. The molecule has 3 rings (SSSR count). The Labute approximate surface area is 176 Å². The highest BCUT2D eigenvalue weighted by Crippen LogP contribution is 2.34. The van der Waals surface area contributed by atoms with Gasteiger partial charge in [0.15, 0.2) is 10.9 Å². The van der Waals surface area contributed by atoms with Crippen molar-refractivity contribution < 1.29 is 19.2 Å². The van der Waals surface area contributed by atoms with Crippen molar-refractivity contribution in [1.29, 1.82) is 0 Å². The van der Waals surface area contributed by atoms with E-state index in [-0.39, 0.29) is 0 Å². The maximum absolute atomic E-state index is 12.1. The van der Waals surface area contributed by atoms with Crippen LogP contribution in [-0.4, -0.2) is 29.5 Å². The number of oxime groups is 1. The Bertz CT molecular complexity index is 947. The highest BCUT2D eigenvalue weighted by atomic mass is 35.5. The van der Waals surface area contributed by atoms with E-state index in [1.807, 2.05) is 6.07 Å². The van der Waals surface area contributed by atoms with E-state index in [4.69, 9.17) is 44.4 Å². The molecule has 0 fully saturated rings. The summed E-state index contributed by atoms with van der Waals surface area (Å²) in [6.45, 7) is 0. The first-order chi connectivity index (χ1) is 13.4. The van der Waals surface area contributed by atoms with Crippen molar-refractivity contribution in [2.75, 3.05) is 12.4 Å². The van der Waals surface area contributed by atoms with Gasteiger partial charge in [-0.05, 0) is 29.8 Å². The zero-order valence-corrected chi connectivity index (χ0v) is 16.9. The lowest BCUT2D eigenvalue weighted by Gasteiger charge is -2.12. The van der Waals surface area contributed by atoms with Gasteiger partial charge in [-0.3, -0.25) is 4.79 Å². The monoisotopic (exact) mass is 440 g/mol. The fourth-order valence-electron chi connectivity index (χ4n) is 2.81. The highest BCUT2D eigenvalue weighted by molar-refractivity contribution is 6.54. The minimum Gasteiger partial charge on any atom is -0.465 e. The first-order valence-electron chi connectivity index (χ1n) is 8.19. The van der Waals surface area contributed by atoms with Crippen molar-refractivity contribution in [1.82, 2.24) is 0 Å². The van der Waals surface area contributed by atoms with Crippen molar-refractivity contribution in [2.24, 2.45) is 5.16 Å². The van der Waals surface area contributed by atoms with E-state index in [1.54, 1.807) is 36.4 Å². The number of nitrogens with zero attached hydrogens (tertiary/aromatic N) is 1. The third-order valence-electron chi connectivity index (χ3n) is 4.10. The molecule has 0 radical (unpaired) electrons. The lowest BCUT2D eigenvalue weighted by Crippen LogP contribution is -2.18. The van der Waals surface area contributed by atoms with Gasteiger partial charge in [-0.1, -0.05) is 58.2 Å². The second-order valence-electron chi connectivity index (χ2n) is 5.91. The Kier molecular flexibility index (Phi) is 6.44. The molecule has 6 nitrogen and oxygen atoms in total. The van der Waals surface area contributed by atoms with Crippen LogP contribution in [0.1, 0.15) is 34.0 Å². The summed E-state index contributed by atoms with van der Waals surface area (Å²) in [5.41, 5.74) is 2.64. The number of rotatable bonds is 5. The lowest BCUT2D eigenvalue weighted by molar-refractivity contribution is -0.114. The lowest BCUT2D eigenvalue weighted by atomic mass is 9.96. The number of benzene rings is 2. The van der Waals surface area contributed by atoms with Crippen LogP contribution in [0, 0.1) is 0 Å². The maximum atomic E-state index is 12.1. The van der Waals surface area contributed by atoms with Crippen LogP contribution in [0.4, 0.5) is 5.69 Å². The molecule has 28 heavy (non-hydrogen) atoms. The van der Waals surface area contributed by atoms with Crippen LogP contribution in [0.2, 0.25) is 5.02 Å².